The Labute approximate surface area is 149 Å². The molecule has 1 fully saturated rings. The number of fused-ring (bicyclic) bond motifs is 1. The second-order valence-electron chi connectivity index (χ2n) is 7.50. The Morgan fingerprint density at radius 1 is 1.00 bits per heavy atom. The van der Waals surface area contributed by atoms with Crippen LogP contribution < -0.4 is 5.73 Å². The Bertz CT molecular complexity index is 743. The van der Waals surface area contributed by atoms with Crippen LogP contribution in [-0.2, 0) is 11.3 Å². The monoisotopic (exact) mass is 334 g/mol. The van der Waals surface area contributed by atoms with Gasteiger partial charge in [0.15, 0.2) is 0 Å². The van der Waals surface area contributed by atoms with Gasteiger partial charge in [-0.15, -0.1) is 0 Å². The Morgan fingerprint density at radius 3 is 2.56 bits per heavy atom. The van der Waals surface area contributed by atoms with Crippen LogP contribution in [0.2, 0.25) is 0 Å². The van der Waals surface area contributed by atoms with Crippen LogP contribution in [-0.4, -0.2) is 23.4 Å². The fourth-order valence-corrected chi connectivity index (χ4v) is 4.46. The van der Waals surface area contributed by atoms with Crippen LogP contribution in [0.3, 0.4) is 0 Å². The highest BCUT2D eigenvalue weighted by molar-refractivity contribution is 5.79. The summed E-state index contributed by atoms with van der Waals surface area (Å²) in [4.78, 5) is 15.2. The number of carbonyl (C=O) groups is 1. The third-order valence-electron chi connectivity index (χ3n) is 5.77. The molecule has 1 saturated carbocycles. The molecule has 0 spiro atoms. The number of nitrogens with zero attached hydrogens (tertiary/aromatic N) is 1. The summed E-state index contributed by atoms with van der Waals surface area (Å²) >= 11 is 0. The van der Waals surface area contributed by atoms with Crippen molar-refractivity contribution in [2.24, 2.45) is 11.7 Å². The van der Waals surface area contributed by atoms with Crippen molar-refractivity contribution in [1.29, 1.82) is 0 Å². The Morgan fingerprint density at radius 2 is 1.76 bits per heavy atom. The fraction of sp³-hybridized carbons (Fsp3) is 0.409. The van der Waals surface area contributed by atoms with Gasteiger partial charge in [-0.3, -0.25) is 4.79 Å². The van der Waals surface area contributed by atoms with E-state index in [1.54, 1.807) is 0 Å². The molecule has 3 heteroatoms. The first kappa shape index (κ1) is 16.3. The predicted molar refractivity (Wildman–Crippen MR) is 100 cm³/mol. The zero-order valence-corrected chi connectivity index (χ0v) is 14.6. The number of hydrogen-bond donors (Lipinski definition) is 1. The highest BCUT2D eigenvalue weighted by Crippen LogP contribution is 2.35. The van der Waals surface area contributed by atoms with E-state index >= 15 is 0 Å². The highest BCUT2D eigenvalue weighted by Gasteiger charge is 2.34. The van der Waals surface area contributed by atoms with E-state index in [0.717, 1.165) is 38.8 Å². The summed E-state index contributed by atoms with van der Waals surface area (Å²) in [5, 5.41) is 0. The van der Waals surface area contributed by atoms with Gasteiger partial charge in [-0.05, 0) is 36.0 Å². The number of rotatable bonds is 2. The summed E-state index contributed by atoms with van der Waals surface area (Å²) in [5.41, 5.74) is 10.0. The molecule has 1 heterocycles. The number of hydrogen-bond acceptors (Lipinski definition) is 2. The van der Waals surface area contributed by atoms with Crippen LogP contribution in [0.4, 0.5) is 0 Å². The smallest absolute Gasteiger partial charge is 0.226 e. The molecule has 0 saturated heterocycles. The van der Waals surface area contributed by atoms with Gasteiger partial charge in [-0.25, -0.2) is 0 Å². The lowest BCUT2D eigenvalue weighted by atomic mass is 9.82. The largest absolute Gasteiger partial charge is 0.337 e. The molecular formula is C22H26N2O. The maximum absolute atomic E-state index is 13.2. The number of carbonyl (C=O) groups excluding carboxylic acids is 1. The van der Waals surface area contributed by atoms with E-state index in [9.17, 15) is 4.79 Å². The first-order valence-corrected chi connectivity index (χ1v) is 9.39. The molecule has 2 aromatic carbocycles. The van der Waals surface area contributed by atoms with E-state index < -0.39 is 0 Å². The van der Waals surface area contributed by atoms with Gasteiger partial charge in [-0.2, -0.15) is 0 Å². The summed E-state index contributed by atoms with van der Waals surface area (Å²) in [6.07, 6.45) is 3.96. The van der Waals surface area contributed by atoms with Gasteiger partial charge >= 0.3 is 0 Å². The molecule has 0 bridgehead atoms. The summed E-state index contributed by atoms with van der Waals surface area (Å²) in [7, 11) is 0. The van der Waals surface area contributed by atoms with Crippen LogP contribution in [0.15, 0.2) is 54.6 Å². The first-order chi connectivity index (χ1) is 12.2. The van der Waals surface area contributed by atoms with E-state index in [4.69, 9.17) is 5.73 Å². The highest BCUT2D eigenvalue weighted by atomic mass is 16.2. The zero-order valence-electron chi connectivity index (χ0n) is 14.6. The van der Waals surface area contributed by atoms with E-state index in [1.807, 2.05) is 6.07 Å². The maximum Gasteiger partial charge on any atom is 0.226 e. The standard InChI is InChI=1S/C22H26N2O/c23-19-11-6-10-17(13-19)22(25)24-14-18-9-4-5-12-20(18)21(15-24)16-7-2-1-3-8-16/h1-5,7-9,12,17,19,21H,6,10-11,13-15,23H2. The van der Waals surface area contributed by atoms with Crippen molar-refractivity contribution in [3.8, 4) is 0 Å². The molecule has 1 aliphatic carbocycles. The minimum absolute atomic E-state index is 0.102. The van der Waals surface area contributed by atoms with E-state index in [2.05, 4.69) is 53.4 Å². The Balaban J connectivity index is 1.62. The lowest BCUT2D eigenvalue weighted by Crippen LogP contribution is -2.44. The molecule has 1 aliphatic heterocycles. The quantitative estimate of drug-likeness (QED) is 0.911. The third-order valence-corrected chi connectivity index (χ3v) is 5.77. The van der Waals surface area contributed by atoms with E-state index in [0.29, 0.717) is 5.91 Å². The molecule has 25 heavy (non-hydrogen) atoms. The lowest BCUT2D eigenvalue weighted by molar-refractivity contribution is -0.137. The summed E-state index contributed by atoms with van der Waals surface area (Å²) in [6.45, 7) is 1.50. The maximum atomic E-state index is 13.2. The Hall–Kier alpha value is -2.13. The molecule has 130 valence electrons. The molecule has 3 atom stereocenters. The van der Waals surface area contributed by atoms with Gasteiger partial charge in [0.25, 0.3) is 0 Å². The van der Waals surface area contributed by atoms with Crippen LogP contribution in [0, 0.1) is 5.92 Å². The third kappa shape index (κ3) is 3.34. The summed E-state index contributed by atoms with van der Waals surface area (Å²) in [6, 6.07) is 19.3. The normalized spacial score (nSPS) is 26.1. The average Bonchev–Trinajstić information content (AvgIpc) is 2.67. The van der Waals surface area contributed by atoms with Crippen LogP contribution >= 0.6 is 0 Å². The van der Waals surface area contributed by atoms with E-state index in [-0.39, 0.29) is 17.9 Å². The average molecular weight is 334 g/mol. The SMILES string of the molecule is NC1CCCC(C(=O)N2Cc3ccccc3C(c3ccccc3)C2)C1. The van der Waals surface area contributed by atoms with Crippen molar-refractivity contribution in [2.45, 2.75) is 44.2 Å². The number of amides is 1. The van der Waals surface area contributed by atoms with Gasteiger partial charge in [0.1, 0.15) is 0 Å². The zero-order chi connectivity index (χ0) is 17.2. The minimum Gasteiger partial charge on any atom is -0.337 e. The molecule has 2 aliphatic rings. The Kier molecular flexibility index (Phi) is 4.58. The second kappa shape index (κ2) is 7.01. The van der Waals surface area contributed by atoms with Crippen LogP contribution in [0.5, 0.6) is 0 Å². The molecule has 2 N–H and O–H groups in total. The minimum atomic E-state index is 0.102. The van der Waals surface area contributed by atoms with Crippen molar-refractivity contribution >= 4 is 5.91 Å². The van der Waals surface area contributed by atoms with Gasteiger partial charge in [0, 0.05) is 31.0 Å². The second-order valence-corrected chi connectivity index (χ2v) is 7.50. The number of benzene rings is 2. The van der Waals surface area contributed by atoms with Gasteiger partial charge in [-0.1, -0.05) is 61.0 Å². The first-order valence-electron chi connectivity index (χ1n) is 9.39. The predicted octanol–water partition coefficient (Wildman–Crippen LogP) is 3.68. The van der Waals surface area contributed by atoms with Crippen molar-refractivity contribution in [1.82, 2.24) is 4.90 Å². The molecule has 0 aromatic heterocycles. The molecule has 1 amide bonds. The van der Waals surface area contributed by atoms with Gasteiger partial charge < -0.3 is 10.6 Å². The fourth-order valence-electron chi connectivity index (χ4n) is 4.46. The van der Waals surface area contributed by atoms with Crippen LogP contribution in [0.25, 0.3) is 0 Å². The summed E-state index contributed by atoms with van der Waals surface area (Å²) in [5.74, 6) is 0.656. The number of nitrogens with two attached hydrogens (primary N) is 1. The summed E-state index contributed by atoms with van der Waals surface area (Å²) < 4.78 is 0. The van der Waals surface area contributed by atoms with Crippen molar-refractivity contribution in [3.05, 3.63) is 71.3 Å². The molecule has 3 nitrogen and oxygen atoms in total. The molecule has 2 aromatic rings. The van der Waals surface area contributed by atoms with Gasteiger partial charge in [0.2, 0.25) is 5.91 Å². The van der Waals surface area contributed by atoms with Crippen molar-refractivity contribution in [3.63, 3.8) is 0 Å². The van der Waals surface area contributed by atoms with Crippen molar-refractivity contribution in [2.75, 3.05) is 6.54 Å². The van der Waals surface area contributed by atoms with E-state index in [1.165, 1.54) is 16.7 Å². The lowest BCUT2D eigenvalue weighted by Gasteiger charge is -2.38. The molecule has 4 rings (SSSR count). The topological polar surface area (TPSA) is 46.3 Å². The van der Waals surface area contributed by atoms with Crippen LogP contribution in [0.1, 0.15) is 48.3 Å². The van der Waals surface area contributed by atoms with Gasteiger partial charge in [0.05, 0.1) is 0 Å². The molecular weight excluding hydrogens is 308 g/mol. The molecule has 0 radical (unpaired) electrons. The van der Waals surface area contributed by atoms with Crippen molar-refractivity contribution < 1.29 is 4.79 Å². The molecule has 3 unspecified atom stereocenters.